The van der Waals surface area contributed by atoms with Crippen LogP contribution < -0.4 is 33.0 Å². The largest absolute Gasteiger partial charge is 0.398 e. The fourth-order valence-corrected chi connectivity index (χ4v) is 3.01. The lowest BCUT2D eigenvalue weighted by Gasteiger charge is -2.15. The smallest absolute Gasteiger partial charge is 0.320 e. The zero-order chi connectivity index (χ0) is 23.8. The molecule has 2 amide bonds. The summed E-state index contributed by atoms with van der Waals surface area (Å²) in [5.41, 5.74) is 11.7. The standard InChI is InChI=1S/C23H25FN8O/c1-14(15-2-6-17(24)7-3-15)31-23(33)32-21-12-20(25)19(13-29-21)22(26)16-4-8-18(9-5-16)28-10-11-30-27/h2-14,26,28,30H,27H2,1H3,(H4,25,29,31,32,33)/b11-10-,26-22?. The van der Waals surface area contributed by atoms with Gasteiger partial charge in [-0.15, -0.1) is 0 Å². The van der Waals surface area contributed by atoms with E-state index in [0.717, 1.165) is 11.3 Å². The Morgan fingerprint density at radius 3 is 2.45 bits per heavy atom. The molecule has 0 spiro atoms. The van der Waals surface area contributed by atoms with Crippen LogP contribution in [0.15, 0.2) is 73.2 Å². The number of hydrogen-bond donors (Lipinski definition) is 7. The molecule has 1 aromatic heterocycles. The first-order valence-corrected chi connectivity index (χ1v) is 10.0. The zero-order valence-corrected chi connectivity index (χ0v) is 17.9. The minimum Gasteiger partial charge on any atom is -0.398 e. The Balaban J connectivity index is 1.63. The van der Waals surface area contributed by atoms with E-state index in [1.54, 1.807) is 43.6 Å². The number of rotatable bonds is 8. The summed E-state index contributed by atoms with van der Waals surface area (Å²) in [6, 6.07) is 13.7. The van der Waals surface area contributed by atoms with E-state index in [-0.39, 0.29) is 23.4 Å². The number of nitrogens with two attached hydrogens (primary N) is 2. The van der Waals surface area contributed by atoms with Crippen LogP contribution >= 0.6 is 0 Å². The number of hydrogen-bond acceptors (Lipinski definition) is 7. The average molecular weight is 449 g/mol. The van der Waals surface area contributed by atoms with E-state index in [4.69, 9.17) is 17.0 Å². The molecule has 0 radical (unpaired) electrons. The predicted octanol–water partition coefficient (Wildman–Crippen LogP) is 3.45. The van der Waals surface area contributed by atoms with Gasteiger partial charge in [-0.25, -0.2) is 14.2 Å². The Bertz CT molecular complexity index is 1150. The van der Waals surface area contributed by atoms with Crippen LogP contribution in [0.25, 0.3) is 0 Å². The first kappa shape index (κ1) is 23.2. The van der Waals surface area contributed by atoms with Crippen molar-refractivity contribution >= 4 is 28.9 Å². The molecule has 9 nitrogen and oxygen atoms in total. The quantitative estimate of drug-likeness (QED) is 0.159. The molecule has 0 aliphatic carbocycles. The Morgan fingerprint density at radius 2 is 1.82 bits per heavy atom. The highest BCUT2D eigenvalue weighted by Crippen LogP contribution is 2.20. The van der Waals surface area contributed by atoms with E-state index < -0.39 is 6.03 Å². The molecular formula is C23H25FN8O. The number of urea groups is 1. The molecule has 3 aromatic rings. The molecular weight excluding hydrogens is 423 g/mol. The van der Waals surface area contributed by atoms with E-state index >= 15 is 0 Å². The second-order valence-electron chi connectivity index (χ2n) is 7.13. The van der Waals surface area contributed by atoms with Gasteiger partial charge >= 0.3 is 6.03 Å². The third kappa shape index (κ3) is 6.28. The van der Waals surface area contributed by atoms with Crippen molar-refractivity contribution in [2.45, 2.75) is 13.0 Å². The summed E-state index contributed by atoms with van der Waals surface area (Å²) in [5, 5.41) is 16.9. The second kappa shape index (κ2) is 10.7. The first-order valence-electron chi connectivity index (χ1n) is 10.0. The van der Waals surface area contributed by atoms with E-state index in [0.29, 0.717) is 16.8 Å². The van der Waals surface area contributed by atoms with Crippen LogP contribution in [-0.2, 0) is 0 Å². The SMILES string of the molecule is CC(NC(=O)Nc1cc(N)c(C(=N)c2ccc(N/C=C\NN)cc2)cn1)c1ccc(F)cc1. The maximum absolute atomic E-state index is 13.1. The average Bonchev–Trinajstić information content (AvgIpc) is 2.80. The number of nitrogens with zero attached hydrogens (tertiary/aromatic N) is 1. The van der Waals surface area contributed by atoms with Gasteiger partial charge < -0.3 is 21.8 Å². The molecule has 170 valence electrons. The van der Waals surface area contributed by atoms with Gasteiger partial charge in [0.05, 0.1) is 11.8 Å². The molecule has 1 unspecified atom stereocenters. The van der Waals surface area contributed by atoms with Crippen molar-refractivity contribution < 1.29 is 9.18 Å². The summed E-state index contributed by atoms with van der Waals surface area (Å²) in [7, 11) is 0. The molecule has 1 heterocycles. The van der Waals surface area contributed by atoms with Crippen molar-refractivity contribution in [3.8, 4) is 0 Å². The zero-order valence-electron chi connectivity index (χ0n) is 17.9. The van der Waals surface area contributed by atoms with Crippen molar-refractivity contribution in [3.05, 3.63) is 95.7 Å². The lowest BCUT2D eigenvalue weighted by Crippen LogP contribution is -2.31. The summed E-state index contributed by atoms with van der Waals surface area (Å²) in [6.45, 7) is 1.78. The van der Waals surface area contributed by atoms with E-state index in [2.05, 4.69) is 26.4 Å². The van der Waals surface area contributed by atoms with Gasteiger partial charge in [0.15, 0.2) is 0 Å². The van der Waals surface area contributed by atoms with Crippen LogP contribution in [0, 0.1) is 11.2 Å². The number of amides is 2. The van der Waals surface area contributed by atoms with Crippen molar-refractivity contribution in [3.63, 3.8) is 0 Å². The van der Waals surface area contributed by atoms with Crippen molar-refractivity contribution in [1.82, 2.24) is 15.7 Å². The van der Waals surface area contributed by atoms with Gasteiger partial charge in [0.25, 0.3) is 0 Å². The van der Waals surface area contributed by atoms with E-state index in [1.165, 1.54) is 24.4 Å². The number of hydrazine groups is 1. The van der Waals surface area contributed by atoms with Crippen LogP contribution in [0.3, 0.4) is 0 Å². The van der Waals surface area contributed by atoms with Gasteiger partial charge in [0, 0.05) is 47.2 Å². The minimum absolute atomic E-state index is 0.201. The molecule has 0 bridgehead atoms. The molecule has 0 aliphatic rings. The van der Waals surface area contributed by atoms with Crippen molar-refractivity contribution in [2.75, 3.05) is 16.4 Å². The Kier molecular flexibility index (Phi) is 7.55. The van der Waals surface area contributed by atoms with E-state index in [9.17, 15) is 9.18 Å². The van der Waals surface area contributed by atoms with Crippen LogP contribution in [0.2, 0.25) is 0 Å². The minimum atomic E-state index is -0.483. The normalized spacial score (nSPS) is 11.6. The summed E-state index contributed by atoms with van der Waals surface area (Å²) < 4.78 is 13.1. The molecule has 0 aliphatic heterocycles. The van der Waals surface area contributed by atoms with Crippen LogP contribution in [0.4, 0.5) is 26.4 Å². The summed E-state index contributed by atoms with van der Waals surface area (Å²) in [6.07, 6.45) is 4.63. The fourth-order valence-electron chi connectivity index (χ4n) is 3.01. The van der Waals surface area contributed by atoms with Gasteiger partial charge in [-0.2, -0.15) is 0 Å². The second-order valence-corrected chi connectivity index (χ2v) is 7.13. The van der Waals surface area contributed by atoms with Gasteiger partial charge in [-0.05, 0) is 36.8 Å². The monoisotopic (exact) mass is 448 g/mol. The number of halogens is 1. The number of carbonyl (C=O) groups excluding carboxylic acids is 1. The van der Waals surface area contributed by atoms with Gasteiger partial charge in [0.2, 0.25) is 0 Å². The lowest BCUT2D eigenvalue weighted by molar-refractivity contribution is 0.249. The Morgan fingerprint density at radius 1 is 1.12 bits per heavy atom. The van der Waals surface area contributed by atoms with Crippen molar-refractivity contribution in [1.29, 1.82) is 5.41 Å². The molecule has 10 heteroatoms. The van der Waals surface area contributed by atoms with Crippen molar-refractivity contribution in [2.24, 2.45) is 5.84 Å². The number of nitrogen functional groups attached to an aromatic ring is 1. The highest BCUT2D eigenvalue weighted by molar-refractivity contribution is 6.14. The molecule has 3 rings (SSSR count). The molecule has 0 saturated carbocycles. The topological polar surface area (TPSA) is 154 Å². The number of aromatic nitrogens is 1. The summed E-state index contributed by atoms with van der Waals surface area (Å²) in [4.78, 5) is 16.5. The third-order valence-corrected chi connectivity index (χ3v) is 4.77. The summed E-state index contributed by atoms with van der Waals surface area (Å²) in [5.74, 6) is 5.06. The predicted molar refractivity (Wildman–Crippen MR) is 128 cm³/mol. The van der Waals surface area contributed by atoms with E-state index in [1.807, 2.05) is 12.1 Å². The lowest BCUT2D eigenvalue weighted by atomic mass is 10.0. The maximum Gasteiger partial charge on any atom is 0.320 e. The number of pyridine rings is 1. The van der Waals surface area contributed by atoms with Gasteiger partial charge in [-0.3, -0.25) is 16.6 Å². The highest BCUT2D eigenvalue weighted by Gasteiger charge is 2.13. The maximum atomic E-state index is 13.1. The number of benzene rings is 2. The molecule has 2 aromatic carbocycles. The van der Waals surface area contributed by atoms with Crippen LogP contribution in [-0.4, -0.2) is 16.7 Å². The molecule has 0 saturated heterocycles. The highest BCUT2D eigenvalue weighted by atomic mass is 19.1. The number of carbonyl (C=O) groups is 1. The first-order chi connectivity index (χ1) is 15.9. The summed E-state index contributed by atoms with van der Waals surface area (Å²) >= 11 is 0. The van der Waals surface area contributed by atoms with Crippen LogP contribution in [0.1, 0.15) is 29.7 Å². The number of anilines is 3. The molecule has 33 heavy (non-hydrogen) atoms. The molecule has 1 atom stereocenters. The fraction of sp³-hybridized carbons (Fsp3) is 0.0870. The Hall–Kier alpha value is -4.44. The Labute approximate surface area is 190 Å². The number of nitrogens with one attached hydrogen (secondary N) is 5. The third-order valence-electron chi connectivity index (χ3n) is 4.77. The van der Waals surface area contributed by atoms with Gasteiger partial charge in [-0.1, -0.05) is 24.3 Å². The molecule has 0 fully saturated rings. The molecule has 9 N–H and O–H groups in total. The van der Waals surface area contributed by atoms with Gasteiger partial charge in [0.1, 0.15) is 11.6 Å². The van der Waals surface area contributed by atoms with Crippen LogP contribution in [0.5, 0.6) is 0 Å².